The first-order valence-corrected chi connectivity index (χ1v) is 5.91. The van der Waals surface area contributed by atoms with Crippen molar-refractivity contribution in [3.05, 3.63) is 35.4 Å². The summed E-state index contributed by atoms with van der Waals surface area (Å²) in [4.78, 5) is 0. The summed E-state index contributed by atoms with van der Waals surface area (Å²) < 4.78 is 0. The number of benzene rings is 1. The van der Waals surface area contributed by atoms with Gasteiger partial charge in [0.2, 0.25) is 0 Å². The maximum atomic E-state index is 8.41. The minimum absolute atomic E-state index is 0.391. The topological polar surface area (TPSA) is 35.8 Å². The van der Waals surface area contributed by atoms with Gasteiger partial charge in [-0.2, -0.15) is 5.26 Å². The Labute approximate surface area is 98.3 Å². The van der Waals surface area contributed by atoms with Crippen molar-refractivity contribution in [3.63, 3.8) is 0 Å². The number of nitrogens with zero attached hydrogens (tertiary/aromatic N) is 1. The predicted octanol–water partition coefficient (Wildman–Crippen LogP) is 3.34. The van der Waals surface area contributed by atoms with E-state index in [1.54, 1.807) is 0 Å². The van der Waals surface area contributed by atoms with Crippen LogP contribution in [0.5, 0.6) is 0 Å². The third kappa shape index (κ3) is 4.46. The summed E-state index contributed by atoms with van der Waals surface area (Å²) in [6.45, 7) is 5.26. The summed E-state index contributed by atoms with van der Waals surface area (Å²) in [5.74, 6) is 0. The van der Waals surface area contributed by atoms with Gasteiger partial charge in [0.25, 0.3) is 0 Å². The number of unbranched alkanes of at least 4 members (excludes halogenated alkanes) is 2. The Kier molecular flexibility index (Phi) is 5.60. The molecule has 2 heteroatoms. The van der Waals surface area contributed by atoms with Crippen molar-refractivity contribution >= 4 is 0 Å². The van der Waals surface area contributed by atoms with Crippen LogP contribution in [0.1, 0.15) is 43.4 Å². The van der Waals surface area contributed by atoms with Gasteiger partial charge in [0.15, 0.2) is 0 Å². The molecule has 0 spiro atoms. The second-order valence-corrected chi connectivity index (χ2v) is 4.20. The highest BCUT2D eigenvalue weighted by molar-refractivity contribution is 5.23. The van der Waals surface area contributed by atoms with Crippen LogP contribution in [0.3, 0.4) is 0 Å². The SMILES string of the molecule is Cc1ccc([C@H](C)NCCCCC#N)cc1. The molecule has 0 aliphatic carbocycles. The third-order valence-corrected chi connectivity index (χ3v) is 2.74. The fraction of sp³-hybridized carbons (Fsp3) is 0.500. The summed E-state index contributed by atoms with van der Waals surface area (Å²) in [5, 5.41) is 11.9. The molecule has 1 aromatic rings. The Bertz CT molecular complexity index is 335. The lowest BCUT2D eigenvalue weighted by molar-refractivity contribution is 0.549. The van der Waals surface area contributed by atoms with Gasteiger partial charge in [-0.1, -0.05) is 29.8 Å². The smallest absolute Gasteiger partial charge is 0.0621 e. The van der Waals surface area contributed by atoms with Crippen LogP contribution in [0, 0.1) is 18.3 Å². The van der Waals surface area contributed by atoms with E-state index in [9.17, 15) is 0 Å². The molecule has 1 aromatic carbocycles. The lowest BCUT2D eigenvalue weighted by atomic mass is 10.1. The van der Waals surface area contributed by atoms with Crippen molar-refractivity contribution in [2.24, 2.45) is 0 Å². The second kappa shape index (κ2) is 7.03. The molecular formula is C14H20N2. The van der Waals surface area contributed by atoms with Gasteiger partial charge >= 0.3 is 0 Å². The largest absolute Gasteiger partial charge is 0.310 e. The van der Waals surface area contributed by atoms with Crippen LogP contribution < -0.4 is 5.32 Å². The minimum atomic E-state index is 0.391. The molecule has 0 aliphatic heterocycles. The molecule has 0 radical (unpaired) electrons. The number of aryl methyl sites for hydroxylation is 1. The first kappa shape index (κ1) is 12.7. The first-order chi connectivity index (χ1) is 7.74. The maximum absolute atomic E-state index is 8.41. The molecule has 0 saturated carbocycles. The van der Waals surface area contributed by atoms with Crippen molar-refractivity contribution in [2.75, 3.05) is 6.54 Å². The Morgan fingerprint density at radius 3 is 2.56 bits per heavy atom. The zero-order valence-corrected chi connectivity index (χ0v) is 10.2. The summed E-state index contributed by atoms with van der Waals surface area (Å²) in [7, 11) is 0. The second-order valence-electron chi connectivity index (χ2n) is 4.20. The van der Waals surface area contributed by atoms with Crippen LogP contribution in [-0.4, -0.2) is 6.54 Å². The van der Waals surface area contributed by atoms with Crippen molar-refractivity contribution < 1.29 is 0 Å². The summed E-state index contributed by atoms with van der Waals surface area (Å²) in [6, 6.07) is 11.2. The zero-order chi connectivity index (χ0) is 11.8. The molecule has 1 rings (SSSR count). The van der Waals surface area contributed by atoms with Crippen molar-refractivity contribution in [1.82, 2.24) is 5.32 Å². The Morgan fingerprint density at radius 1 is 1.25 bits per heavy atom. The van der Waals surface area contributed by atoms with Crippen LogP contribution in [0.15, 0.2) is 24.3 Å². The average molecular weight is 216 g/mol. The zero-order valence-electron chi connectivity index (χ0n) is 10.2. The van der Waals surface area contributed by atoms with E-state index in [2.05, 4.69) is 49.5 Å². The van der Waals surface area contributed by atoms with Gasteiger partial charge < -0.3 is 5.32 Å². The summed E-state index contributed by atoms with van der Waals surface area (Å²) in [5.41, 5.74) is 2.62. The fourth-order valence-corrected chi connectivity index (χ4v) is 1.62. The van der Waals surface area contributed by atoms with Gasteiger partial charge in [-0.3, -0.25) is 0 Å². The Balaban J connectivity index is 2.27. The molecule has 1 atom stereocenters. The minimum Gasteiger partial charge on any atom is -0.310 e. The van der Waals surface area contributed by atoms with Crippen molar-refractivity contribution in [3.8, 4) is 6.07 Å². The van der Waals surface area contributed by atoms with Gasteiger partial charge in [-0.25, -0.2) is 0 Å². The molecule has 0 aliphatic rings. The maximum Gasteiger partial charge on any atom is 0.0621 e. The summed E-state index contributed by atoms with van der Waals surface area (Å²) >= 11 is 0. The monoisotopic (exact) mass is 216 g/mol. The van der Waals surface area contributed by atoms with E-state index in [0.29, 0.717) is 12.5 Å². The third-order valence-electron chi connectivity index (χ3n) is 2.74. The van der Waals surface area contributed by atoms with Gasteiger partial charge in [-0.15, -0.1) is 0 Å². The van der Waals surface area contributed by atoms with Crippen LogP contribution in [-0.2, 0) is 0 Å². The highest BCUT2D eigenvalue weighted by Gasteiger charge is 2.02. The number of hydrogen-bond donors (Lipinski definition) is 1. The molecule has 0 unspecified atom stereocenters. The van der Waals surface area contributed by atoms with E-state index in [0.717, 1.165) is 19.4 Å². The number of nitrogens with one attached hydrogen (secondary N) is 1. The van der Waals surface area contributed by atoms with Gasteiger partial charge in [0.1, 0.15) is 0 Å². The standard InChI is InChI=1S/C14H20N2/c1-12-6-8-14(9-7-12)13(2)16-11-5-3-4-10-15/h6-9,13,16H,3-5,11H2,1-2H3/t13-/m0/s1. The number of hydrogen-bond acceptors (Lipinski definition) is 2. The highest BCUT2D eigenvalue weighted by atomic mass is 14.9. The predicted molar refractivity (Wildman–Crippen MR) is 67.1 cm³/mol. The van der Waals surface area contributed by atoms with Crippen LogP contribution >= 0.6 is 0 Å². The van der Waals surface area contributed by atoms with Crippen LogP contribution in [0.4, 0.5) is 0 Å². The molecule has 0 saturated heterocycles. The van der Waals surface area contributed by atoms with Gasteiger partial charge in [0.05, 0.1) is 6.07 Å². The molecule has 0 aromatic heterocycles. The molecular weight excluding hydrogens is 196 g/mol. The van der Waals surface area contributed by atoms with Crippen LogP contribution in [0.25, 0.3) is 0 Å². The van der Waals surface area contributed by atoms with Gasteiger partial charge in [0, 0.05) is 12.5 Å². The molecule has 86 valence electrons. The molecule has 0 bridgehead atoms. The molecule has 2 nitrogen and oxygen atoms in total. The summed E-state index contributed by atoms with van der Waals surface area (Å²) in [6.07, 6.45) is 2.73. The molecule has 0 heterocycles. The fourth-order valence-electron chi connectivity index (χ4n) is 1.62. The van der Waals surface area contributed by atoms with Crippen molar-refractivity contribution in [1.29, 1.82) is 5.26 Å². The molecule has 16 heavy (non-hydrogen) atoms. The Hall–Kier alpha value is -1.33. The molecule has 0 fully saturated rings. The first-order valence-electron chi connectivity index (χ1n) is 5.91. The van der Waals surface area contributed by atoms with Gasteiger partial charge in [-0.05, 0) is 38.8 Å². The lowest BCUT2D eigenvalue weighted by Crippen LogP contribution is -2.19. The highest BCUT2D eigenvalue weighted by Crippen LogP contribution is 2.12. The lowest BCUT2D eigenvalue weighted by Gasteiger charge is -2.14. The Morgan fingerprint density at radius 2 is 1.94 bits per heavy atom. The van der Waals surface area contributed by atoms with E-state index in [-0.39, 0.29) is 0 Å². The van der Waals surface area contributed by atoms with E-state index in [1.807, 2.05) is 0 Å². The molecule has 1 N–H and O–H groups in total. The van der Waals surface area contributed by atoms with Crippen LogP contribution in [0.2, 0.25) is 0 Å². The van der Waals surface area contributed by atoms with E-state index < -0.39 is 0 Å². The number of nitriles is 1. The average Bonchev–Trinajstić information content (AvgIpc) is 2.29. The molecule has 0 amide bonds. The van der Waals surface area contributed by atoms with E-state index in [1.165, 1.54) is 11.1 Å². The van der Waals surface area contributed by atoms with E-state index >= 15 is 0 Å². The number of rotatable bonds is 6. The quantitative estimate of drug-likeness (QED) is 0.740. The van der Waals surface area contributed by atoms with E-state index in [4.69, 9.17) is 5.26 Å². The normalized spacial score (nSPS) is 12.1. The van der Waals surface area contributed by atoms with Crippen molar-refractivity contribution in [2.45, 2.75) is 39.2 Å².